The summed E-state index contributed by atoms with van der Waals surface area (Å²) in [5.74, 6) is 1.63. The Morgan fingerprint density at radius 2 is 2.31 bits per heavy atom. The molecule has 16 heavy (non-hydrogen) atoms. The van der Waals surface area contributed by atoms with E-state index in [2.05, 4.69) is 22.2 Å². The molecule has 0 atom stereocenters. The third-order valence-electron chi connectivity index (χ3n) is 3.15. The van der Waals surface area contributed by atoms with Crippen LogP contribution in [0.3, 0.4) is 0 Å². The molecule has 0 aromatic carbocycles. The van der Waals surface area contributed by atoms with Crippen molar-refractivity contribution in [1.82, 2.24) is 9.97 Å². The second kappa shape index (κ2) is 5.25. The van der Waals surface area contributed by atoms with Crippen LogP contribution in [-0.2, 0) is 6.42 Å². The summed E-state index contributed by atoms with van der Waals surface area (Å²) < 4.78 is 0. The van der Waals surface area contributed by atoms with Crippen LogP contribution >= 0.6 is 0 Å². The molecular weight excluding hydrogens is 200 g/mol. The molecule has 1 fully saturated rings. The maximum atomic E-state index is 5.47. The zero-order valence-electron chi connectivity index (χ0n) is 9.87. The van der Waals surface area contributed by atoms with E-state index >= 15 is 0 Å². The Labute approximate surface area is 96.7 Å². The zero-order valence-corrected chi connectivity index (χ0v) is 9.87. The fourth-order valence-corrected chi connectivity index (χ4v) is 1.92. The molecule has 0 aliphatic heterocycles. The monoisotopic (exact) mass is 220 g/mol. The van der Waals surface area contributed by atoms with Crippen molar-refractivity contribution < 1.29 is 0 Å². The Morgan fingerprint density at radius 3 is 2.88 bits per heavy atom. The maximum absolute atomic E-state index is 5.47. The van der Waals surface area contributed by atoms with E-state index in [1.807, 2.05) is 6.20 Å². The number of anilines is 1. The first-order valence-electron chi connectivity index (χ1n) is 6.15. The Hall–Kier alpha value is -1.16. The van der Waals surface area contributed by atoms with Crippen molar-refractivity contribution in [1.29, 1.82) is 0 Å². The molecule has 2 rings (SSSR count). The molecule has 0 bridgehead atoms. The minimum absolute atomic E-state index is 0.605. The van der Waals surface area contributed by atoms with Gasteiger partial charge in [-0.15, -0.1) is 0 Å². The van der Waals surface area contributed by atoms with Gasteiger partial charge in [0.25, 0.3) is 0 Å². The molecule has 4 heteroatoms. The predicted molar refractivity (Wildman–Crippen MR) is 65.5 cm³/mol. The fourth-order valence-electron chi connectivity index (χ4n) is 1.92. The molecule has 1 saturated carbocycles. The fraction of sp³-hybridized carbons (Fsp3) is 0.667. The van der Waals surface area contributed by atoms with Crippen LogP contribution < -0.4 is 11.1 Å². The molecule has 1 aromatic rings. The van der Waals surface area contributed by atoms with E-state index in [4.69, 9.17) is 5.73 Å². The first-order valence-corrected chi connectivity index (χ1v) is 6.15. The van der Waals surface area contributed by atoms with Gasteiger partial charge in [0.1, 0.15) is 5.82 Å². The molecule has 4 nitrogen and oxygen atoms in total. The first kappa shape index (κ1) is 11.3. The van der Waals surface area contributed by atoms with E-state index in [1.54, 1.807) is 0 Å². The molecule has 0 radical (unpaired) electrons. The number of nitrogens with two attached hydrogens (primary N) is 1. The molecule has 1 aromatic heterocycles. The number of aromatic nitrogens is 2. The van der Waals surface area contributed by atoms with E-state index in [0.717, 1.165) is 30.2 Å². The van der Waals surface area contributed by atoms with Gasteiger partial charge in [0.15, 0.2) is 0 Å². The van der Waals surface area contributed by atoms with Crippen LogP contribution in [0.5, 0.6) is 0 Å². The molecule has 0 spiro atoms. The third-order valence-corrected chi connectivity index (χ3v) is 3.15. The van der Waals surface area contributed by atoms with Gasteiger partial charge in [-0.1, -0.05) is 13.3 Å². The lowest BCUT2D eigenvalue weighted by Crippen LogP contribution is -2.17. The average Bonchev–Trinajstić information content (AvgIpc) is 2.25. The topological polar surface area (TPSA) is 63.8 Å². The molecule has 0 saturated heterocycles. The molecule has 0 amide bonds. The SMILES string of the molecule is CCc1nc(C2CCC2)ncc1NCCN. The number of nitrogens with one attached hydrogen (secondary N) is 1. The van der Waals surface area contributed by atoms with E-state index < -0.39 is 0 Å². The average molecular weight is 220 g/mol. The van der Waals surface area contributed by atoms with Gasteiger partial charge in [-0.05, 0) is 19.3 Å². The Balaban J connectivity index is 2.13. The smallest absolute Gasteiger partial charge is 0.131 e. The summed E-state index contributed by atoms with van der Waals surface area (Å²) in [6.07, 6.45) is 6.67. The lowest BCUT2D eigenvalue weighted by atomic mass is 9.85. The Bertz CT molecular complexity index is 347. The van der Waals surface area contributed by atoms with Crippen molar-refractivity contribution in [2.45, 2.75) is 38.5 Å². The lowest BCUT2D eigenvalue weighted by Gasteiger charge is -2.24. The molecule has 3 N–H and O–H groups in total. The van der Waals surface area contributed by atoms with Crippen LogP contribution in [0.15, 0.2) is 6.20 Å². The van der Waals surface area contributed by atoms with E-state index in [1.165, 1.54) is 19.3 Å². The summed E-state index contributed by atoms with van der Waals surface area (Å²) >= 11 is 0. The summed E-state index contributed by atoms with van der Waals surface area (Å²) in [6, 6.07) is 0. The molecule has 1 aliphatic rings. The zero-order chi connectivity index (χ0) is 11.4. The van der Waals surface area contributed by atoms with Gasteiger partial charge in [0.2, 0.25) is 0 Å². The Morgan fingerprint density at radius 1 is 1.50 bits per heavy atom. The maximum Gasteiger partial charge on any atom is 0.131 e. The van der Waals surface area contributed by atoms with Crippen molar-refractivity contribution in [3.63, 3.8) is 0 Å². The standard InChI is InChI=1S/C12H20N4/c1-2-10-11(14-7-6-13)8-15-12(16-10)9-4-3-5-9/h8-9,14H,2-7,13H2,1H3. The highest BCUT2D eigenvalue weighted by Crippen LogP contribution is 2.34. The van der Waals surface area contributed by atoms with Gasteiger partial charge in [-0.3, -0.25) is 0 Å². The van der Waals surface area contributed by atoms with Crippen LogP contribution in [0.25, 0.3) is 0 Å². The largest absolute Gasteiger partial charge is 0.381 e. The van der Waals surface area contributed by atoms with Gasteiger partial charge >= 0.3 is 0 Å². The summed E-state index contributed by atoms with van der Waals surface area (Å²) in [6.45, 7) is 3.53. The van der Waals surface area contributed by atoms with Crippen LogP contribution in [0, 0.1) is 0 Å². The highest BCUT2D eigenvalue weighted by molar-refractivity contribution is 5.46. The van der Waals surface area contributed by atoms with Gasteiger partial charge in [0.05, 0.1) is 17.6 Å². The number of hydrogen-bond acceptors (Lipinski definition) is 4. The van der Waals surface area contributed by atoms with Crippen molar-refractivity contribution in [3.8, 4) is 0 Å². The first-order chi connectivity index (χ1) is 7.85. The van der Waals surface area contributed by atoms with Crippen LogP contribution in [0.1, 0.15) is 43.6 Å². The molecular formula is C12H20N4. The highest BCUT2D eigenvalue weighted by Gasteiger charge is 2.22. The minimum Gasteiger partial charge on any atom is -0.381 e. The number of nitrogens with zero attached hydrogens (tertiary/aromatic N) is 2. The normalized spacial score (nSPS) is 15.9. The van der Waals surface area contributed by atoms with Crippen LogP contribution in [0.4, 0.5) is 5.69 Å². The minimum atomic E-state index is 0.605. The predicted octanol–water partition coefficient (Wildman–Crippen LogP) is 1.68. The summed E-state index contributed by atoms with van der Waals surface area (Å²) in [4.78, 5) is 9.10. The third kappa shape index (κ3) is 2.32. The highest BCUT2D eigenvalue weighted by atomic mass is 15.0. The summed E-state index contributed by atoms with van der Waals surface area (Å²) in [5, 5.41) is 3.27. The van der Waals surface area contributed by atoms with E-state index in [0.29, 0.717) is 12.5 Å². The van der Waals surface area contributed by atoms with E-state index in [9.17, 15) is 0 Å². The van der Waals surface area contributed by atoms with Gasteiger partial charge in [-0.2, -0.15) is 0 Å². The molecule has 1 aliphatic carbocycles. The number of rotatable bonds is 5. The number of hydrogen-bond donors (Lipinski definition) is 2. The van der Waals surface area contributed by atoms with Gasteiger partial charge < -0.3 is 11.1 Å². The van der Waals surface area contributed by atoms with Crippen LogP contribution in [-0.4, -0.2) is 23.1 Å². The van der Waals surface area contributed by atoms with Crippen LogP contribution in [0.2, 0.25) is 0 Å². The van der Waals surface area contributed by atoms with Crippen molar-refractivity contribution >= 4 is 5.69 Å². The lowest BCUT2D eigenvalue weighted by molar-refractivity contribution is 0.400. The summed E-state index contributed by atoms with van der Waals surface area (Å²) in [5.41, 5.74) is 7.63. The second-order valence-electron chi connectivity index (χ2n) is 4.29. The van der Waals surface area contributed by atoms with E-state index in [-0.39, 0.29) is 0 Å². The quantitative estimate of drug-likeness (QED) is 0.792. The van der Waals surface area contributed by atoms with Gasteiger partial charge in [-0.25, -0.2) is 9.97 Å². The second-order valence-corrected chi connectivity index (χ2v) is 4.29. The summed E-state index contributed by atoms with van der Waals surface area (Å²) in [7, 11) is 0. The van der Waals surface area contributed by atoms with Crippen molar-refractivity contribution in [2.24, 2.45) is 5.73 Å². The van der Waals surface area contributed by atoms with Gasteiger partial charge in [0, 0.05) is 19.0 Å². The molecule has 88 valence electrons. The Kier molecular flexibility index (Phi) is 3.72. The van der Waals surface area contributed by atoms with Crippen molar-refractivity contribution in [3.05, 3.63) is 17.7 Å². The molecule has 1 heterocycles. The van der Waals surface area contributed by atoms with Crippen molar-refractivity contribution in [2.75, 3.05) is 18.4 Å². The number of aryl methyl sites for hydroxylation is 1. The molecule has 0 unspecified atom stereocenters.